The smallest absolute Gasteiger partial charge is 0.322 e. The number of nitrogens with zero attached hydrogens (tertiary/aromatic N) is 3. The van der Waals surface area contributed by atoms with E-state index in [1.165, 1.54) is 0 Å². The van der Waals surface area contributed by atoms with E-state index < -0.39 is 0 Å². The Morgan fingerprint density at radius 3 is 2.70 bits per heavy atom. The molecular formula is C13H15ClN4O2. The molecule has 0 spiro atoms. The third-order valence-corrected chi connectivity index (χ3v) is 2.68. The molecule has 0 unspecified atom stereocenters. The summed E-state index contributed by atoms with van der Waals surface area (Å²) in [5.41, 5.74) is 1.83. The third-order valence-electron chi connectivity index (χ3n) is 2.51. The topological polar surface area (TPSA) is 69.2 Å². The van der Waals surface area contributed by atoms with Crippen LogP contribution in [0.15, 0.2) is 18.2 Å². The minimum atomic E-state index is 0.0798. The summed E-state index contributed by atoms with van der Waals surface area (Å²) in [5, 5.41) is 3.13. The first kappa shape index (κ1) is 14.3. The number of methoxy groups -OCH3 is 1. The number of aromatic nitrogens is 3. The fourth-order valence-corrected chi connectivity index (χ4v) is 1.82. The van der Waals surface area contributed by atoms with Crippen LogP contribution in [0.4, 0.5) is 11.6 Å². The van der Waals surface area contributed by atoms with Crippen LogP contribution < -0.4 is 14.8 Å². The number of rotatable bonds is 5. The van der Waals surface area contributed by atoms with E-state index in [2.05, 4.69) is 20.3 Å². The fraction of sp³-hybridized carbons (Fsp3) is 0.308. The first-order valence-electron chi connectivity index (χ1n) is 6.08. The largest absolute Gasteiger partial charge is 0.496 e. The van der Waals surface area contributed by atoms with Crippen LogP contribution in [0, 0.1) is 6.92 Å². The van der Waals surface area contributed by atoms with Crippen molar-refractivity contribution in [2.24, 2.45) is 0 Å². The molecule has 0 atom stereocenters. The molecule has 20 heavy (non-hydrogen) atoms. The van der Waals surface area contributed by atoms with Crippen molar-refractivity contribution in [1.82, 2.24) is 15.0 Å². The van der Waals surface area contributed by atoms with Gasteiger partial charge in [0.15, 0.2) is 0 Å². The molecule has 1 aromatic heterocycles. The van der Waals surface area contributed by atoms with Crippen LogP contribution in [-0.4, -0.2) is 28.7 Å². The third kappa shape index (κ3) is 3.48. The van der Waals surface area contributed by atoms with Gasteiger partial charge >= 0.3 is 6.01 Å². The normalized spacial score (nSPS) is 10.2. The maximum Gasteiger partial charge on any atom is 0.322 e. The van der Waals surface area contributed by atoms with Gasteiger partial charge < -0.3 is 14.8 Å². The lowest BCUT2D eigenvalue weighted by atomic mass is 10.2. The average molecular weight is 295 g/mol. The van der Waals surface area contributed by atoms with E-state index in [0.29, 0.717) is 12.6 Å². The Balaban J connectivity index is 2.23. The molecule has 0 fully saturated rings. The maximum absolute atomic E-state index is 5.83. The van der Waals surface area contributed by atoms with Crippen molar-refractivity contribution in [2.75, 3.05) is 19.0 Å². The maximum atomic E-state index is 5.83. The van der Waals surface area contributed by atoms with Crippen LogP contribution >= 0.6 is 11.6 Å². The number of hydrogen-bond acceptors (Lipinski definition) is 6. The number of ether oxygens (including phenoxy) is 2. The second-order valence-electron chi connectivity index (χ2n) is 3.95. The molecule has 6 nitrogen and oxygen atoms in total. The lowest BCUT2D eigenvalue weighted by molar-refractivity contribution is 0.312. The van der Waals surface area contributed by atoms with Gasteiger partial charge in [0.2, 0.25) is 11.2 Å². The van der Waals surface area contributed by atoms with Gasteiger partial charge in [0.25, 0.3) is 0 Å². The van der Waals surface area contributed by atoms with Gasteiger partial charge in [-0.2, -0.15) is 15.0 Å². The van der Waals surface area contributed by atoms with Gasteiger partial charge in [-0.05, 0) is 49.2 Å². The summed E-state index contributed by atoms with van der Waals surface area (Å²) >= 11 is 5.83. The van der Waals surface area contributed by atoms with E-state index in [1.807, 2.05) is 32.0 Å². The van der Waals surface area contributed by atoms with Gasteiger partial charge in [-0.25, -0.2) is 0 Å². The molecule has 1 aromatic carbocycles. The molecule has 0 saturated carbocycles. The van der Waals surface area contributed by atoms with Crippen LogP contribution in [0.5, 0.6) is 11.8 Å². The zero-order valence-corrected chi connectivity index (χ0v) is 12.2. The number of hydrogen-bond donors (Lipinski definition) is 1. The monoisotopic (exact) mass is 294 g/mol. The minimum absolute atomic E-state index is 0.0798. The van der Waals surface area contributed by atoms with Crippen molar-refractivity contribution in [3.63, 3.8) is 0 Å². The SMILES string of the molecule is CCOc1nc(Cl)nc(Nc2ccc(OC)c(C)c2)n1. The second kappa shape index (κ2) is 6.38. The Hall–Kier alpha value is -2.08. The van der Waals surface area contributed by atoms with Crippen LogP contribution in [0.1, 0.15) is 12.5 Å². The van der Waals surface area contributed by atoms with E-state index in [9.17, 15) is 0 Å². The molecular weight excluding hydrogens is 280 g/mol. The molecule has 0 aliphatic rings. The highest BCUT2D eigenvalue weighted by molar-refractivity contribution is 6.28. The molecule has 0 radical (unpaired) electrons. The molecule has 0 bridgehead atoms. The Morgan fingerprint density at radius 1 is 1.25 bits per heavy atom. The van der Waals surface area contributed by atoms with Gasteiger partial charge in [0, 0.05) is 5.69 Å². The van der Waals surface area contributed by atoms with E-state index in [0.717, 1.165) is 17.0 Å². The molecule has 1 N–H and O–H groups in total. The van der Waals surface area contributed by atoms with Crippen LogP contribution in [0.25, 0.3) is 0 Å². The Bertz CT molecular complexity index is 607. The van der Waals surface area contributed by atoms with Crippen molar-refractivity contribution in [2.45, 2.75) is 13.8 Å². The van der Waals surface area contributed by atoms with Crippen molar-refractivity contribution in [1.29, 1.82) is 0 Å². The number of halogens is 1. The number of anilines is 2. The Labute approximate surface area is 122 Å². The van der Waals surface area contributed by atoms with Gasteiger partial charge in [-0.1, -0.05) is 0 Å². The van der Waals surface area contributed by atoms with E-state index in [-0.39, 0.29) is 11.3 Å². The van der Waals surface area contributed by atoms with E-state index >= 15 is 0 Å². The van der Waals surface area contributed by atoms with Crippen LogP contribution in [0.2, 0.25) is 5.28 Å². The molecule has 7 heteroatoms. The lowest BCUT2D eigenvalue weighted by Gasteiger charge is -2.09. The molecule has 0 aliphatic carbocycles. The highest BCUT2D eigenvalue weighted by Gasteiger charge is 2.07. The molecule has 2 rings (SSSR count). The van der Waals surface area contributed by atoms with Crippen molar-refractivity contribution < 1.29 is 9.47 Å². The summed E-state index contributed by atoms with van der Waals surface area (Å²) in [6.45, 7) is 4.26. The van der Waals surface area contributed by atoms with Gasteiger partial charge in [-0.3, -0.25) is 0 Å². The molecule has 1 heterocycles. The Morgan fingerprint density at radius 2 is 2.05 bits per heavy atom. The highest BCUT2D eigenvalue weighted by Crippen LogP contribution is 2.23. The fourth-order valence-electron chi connectivity index (χ4n) is 1.67. The molecule has 0 saturated heterocycles. The summed E-state index contributed by atoms with van der Waals surface area (Å²) in [4.78, 5) is 12.0. The van der Waals surface area contributed by atoms with Crippen LogP contribution in [0.3, 0.4) is 0 Å². The second-order valence-corrected chi connectivity index (χ2v) is 4.29. The summed E-state index contributed by atoms with van der Waals surface area (Å²) in [6.07, 6.45) is 0. The number of nitrogens with one attached hydrogen (secondary N) is 1. The summed E-state index contributed by atoms with van der Waals surface area (Å²) < 4.78 is 10.4. The van der Waals surface area contributed by atoms with Gasteiger partial charge in [0.1, 0.15) is 5.75 Å². The zero-order chi connectivity index (χ0) is 14.5. The van der Waals surface area contributed by atoms with Crippen LogP contribution in [-0.2, 0) is 0 Å². The number of aryl methyl sites for hydroxylation is 1. The van der Waals surface area contributed by atoms with Crippen molar-refractivity contribution in [3.8, 4) is 11.8 Å². The zero-order valence-electron chi connectivity index (χ0n) is 11.5. The van der Waals surface area contributed by atoms with Crippen molar-refractivity contribution >= 4 is 23.2 Å². The van der Waals surface area contributed by atoms with Gasteiger partial charge in [-0.15, -0.1) is 0 Å². The molecule has 0 aliphatic heterocycles. The Kier molecular flexibility index (Phi) is 4.57. The first-order chi connectivity index (χ1) is 9.62. The quantitative estimate of drug-likeness (QED) is 0.914. The summed E-state index contributed by atoms with van der Waals surface area (Å²) in [6, 6.07) is 5.85. The first-order valence-corrected chi connectivity index (χ1v) is 6.46. The molecule has 106 valence electrons. The molecule has 0 amide bonds. The summed E-state index contributed by atoms with van der Waals surface area (Å²) in [7, 11) is 1.63. The standard InChI is InChI=1S/C13H15ClN4O2/c1-4-20-13-17-11(14)16-12(18-13)15-9-5-6-10(19-3)8(2)7-9/h5-7H,4H2,1-3H3,(H,15,16,17,18). The average Bonchev–Trinajstić information content (AvgIpc) is 2.38. The highest BCUT2D eigenvalue weighted by atomic mass is 35.5. The molecule has 2 aromatic rings. The van der Waals surface area contributed by atoms with E-state index in [4.69, 9.17) is 21.1 Å². The van der Waals surface area contributed by atoms with E-state index in [1.54, 1.807) is 7.11 Å². The van der Waals surface area contributed by atoms with Gasteiger partial charge in [0.05, 0.1) is 13.7 Å². The minimum Gasteiger partial charge on any atom is -0.496 e. The predicted octanol–water partition coefficient (Wildman–Crippen LogP) is 2.98. The summed E-state index contributed by atoms with van der Waals surface area (Å²) in [5.74, 6) is 1.15. The van der Waals surface area contributed by atoms with Crippen molar-refractivity contribution in [3.05, 3.63) is 29.0 Å². The lowest BCUT2D eigenvalue weighted by Crippen LogP contribution is -2.04. The predicted molar refractivity (Wildman–Crippen MR) is 77.0 cm³/mol. The number of benzene rings is 1.